The van der Waals surface area contributed by atoms with E-state index in [-0.39, 0.29) is 19.4 Å². The summed E-state index contributed by atoms with van der Waals surface area (Å²) in [6, 6.07) is 0. The summed E-state index contributed by atoms with van der Waals surface area (Å²) < 4.78 is 32.6. The van der Waals surface area contributed by atoms with E-state index < -0.39 is 57.9 Å². The number of rotatable bonds is 38. The molecule has 0 saturated heterocycles. The van der Waals surface area contributed by atoms with E-state index in [1.165, 1.54) is 19.3 Å². The first-order valence-corrected chi connectivity index (χ1v) is 22.5. The van der Waals surface area contributed by atoms with Crippen LogP contribution >= 0.6 is 7.82 Å². The molecule has 56 heavy (non-hydrogen) atoms. The van der Waals surface area contributed by atoms with Crippen LogP contribution < -0.4 is 0 Å². The zero-order chi connectivity index (χ0) is 41.4. The van der Waals surface area contributed by atoms with Gasteiger partial charge in [0.1, 0.15) is 12.7 Å². The SMILES string of the molecule is CC/C=C/C/C=C/C=C/C(O)CCCCCCCC(=O)O[C@H](COC(=O)CCCCCC/C=C\C/C=C\C/C=C\CCCCC)COP(=O)(O)OC[C@@H](O)CO. The molecule has 0 heterocycles. The third-order valence-electron chi connectivity index (χ3n) is 8.45. The topological polar surface area (TPSA) is 169 Å². The van der Waals surface area contributed by atoms with Crippen LogP contribution in [-0.2, 0) is 32.7 Å². The number of phosphoric ester groups is 1. The van der Waals surface area contributed by atoms with Gasteiger partial charge in [-0.3, -0.25) is 18.6 Å². The van der Waals surface area contributed by atoms with E-state index in [9.17, 15) is 29.3 Å². The lowest BCUT2D eigenvalue weighted by molar-refractivity contribution is -0.161. The summed E-state index contributed by atoms with van der Waals surface area (Å²) in [5, 5.41) is 28.4. The van der Waals surface area contributed by atoms with E-state index in [2.05, 4.69) is 67.0 Å². The fourth-order valence-electron chi connectivity index (χ4n) is 5.18. The number of allylic oxidation sites excluding steroid dienone is 11. The molecule has 322 valence electrons. The van der Waals surface area contributed by atoms with Crippen molar-refractivity contribution in [1.82, 2.24) is 0 Å². The fourth-order valence-corrected chi connectivity index (χ4v) is 5.97. The lowest BCUT2D eigenvalue weighted by Crippen LogP contribution is -2.29. The molecule has 11 nitrogen and oxygen atoms in total. The molecule has 0 aliphatic carbocycles. The van der Waals surface area contributed by atoms with E-state index in [1.807, 2.05) is 18.2 Å². The zero-order valence-electron chi connectivity index (χ0n) is 34.4. The number of esters is 2. The molecule has 0 aromatic carbocycles. The van der Waals surface area contributed by atoms with Crippen LogP contribution in [0.25, 0.3) is 0 Å². The van der Waals surface area contributed by atoms with Gasteiger partial charge < -0.3 is 29.7 Å². The Bertz CT molecular complexity index is 1180. The Morgan fingerprint density at radius 3 is 1.84 bits per heavy atom. The first-order chi connectivity index (χ1) is 27.1. The Morgan fingerprint density at radius 2 is 1.18 bits per heavy atom. The number of hydrogen-bond acceptors (Lipinski definition) is 10. The van der Waals surface area contributed by atoms with Gasteiger partial charge in [-0.2, -0.15) is 0 Å². The van der Waals surface area contributed by atoms with E-state index in [0.29, 0.717) is 19.3 Å². The van der Waals surface area contributed by atoms with Gasteiger partial charge in [0.25, 0.3) is 0 Å². The Balaban J connectivity index is 4.46. The second-order valence-electron chi connectivity index (χ2n) is 13.8. The molecule has 0 saturated carbocycles. The predicted molar refractivity (Wildman–Crippen MR) is 225 cm³/mol. The number of ether oxygens (including phenoxy) is 2. The molecule has 0 radical (unpaired) electrons. The number of carbonyl (C=O) groups excluding carboxylic acids is 2. The van der Waals surface area contributed by atoms with Crippen LogP contribution in [0.4, 0.5) is 0 Å². The smallest absolute Gasteiger partial charge is 0.462 e. The highest BCUT2D eigenvalue weighted by atomic mass is 31.2. The highest BCUT2D eigenvalue weighted by molar-refractivity contribution is 7.47. The Kier molecular flexibility index (Phi) is 37.4. The summed E-state index contributed by atoms with van der Waals surface area (Å²) in [7, 11) is -4.65. The molecule has 0 amide bonds. The molecule has 0 aliphatic heterocycles. The van der Waals surface area contributed by atoms with Crippen LogP contribution in [0.1, 0.15) is 149 Å². The van der Waals surface area contributed by atoms with E-state index in [1.54, 1.807) is 6.08 Å². The van der Waals surface area contributed by atoms with Gasteiger partial charge in [-0.15, -0.1) is 0 Å². The number of unbranched alkanes of at least 4 members (excludes halogenated alkanes) is 11. The van der Waals surface area contributed by atoms with Crippen molar-refractivity contribution in [2.45, 2.75) is 167 Å². The maximum absolute atomic E-state index is 12.6. The lowest BCUT2D eigenvalue weighted by Gasteiger charge is -2.20. The van der Waals surface area contributed by atoms with Gasteiger partial charge in [0, 0.05) is 12.8 Å². The number of aliphatic hydroxyl groups is 3. The van der Waals surface area contributed by atoms with Gasteiger partial charge in [0.15, 0.2) is 6.10 Å². The number of carbonyl (C=O) groups is 2. The summed E-state index contributed by atoms with van der Waals surface area (Å²) >= 11 is 0. The fraction of sp³-hybridized carbons (Fsp3) is 0.682. The largest absolute Gasteiger partial charge is 0.472 e. The number of phosphoric acid groups is 1. The van der Waals surface area contributed by atoms with E-state index in [0.717, 1.165) is 83.5 Å². The summed E-state index contributed by atoms with van der Waals surface area (Å²) in [5.74, 6) is -1.03. The predicted octanol–water partition coefficient (Wildman–Crippen LogP) is 9.86. The van der Waals surface area contributed by atoms with Crippen molar-refractivity contribution < 1.29 is 52.9 Å². The third-order valence-corrected chi connectivity index (χ3v) is 9.40. The van der Waals surface area contributed by atoms with E-state index in [4.69, 9.17) is 19.1 Å². The quantitative estimate of drug-likeness (QED) is 0.0154. The molecule has 2 unspecified atom stereocenters. The first-order valence-electron chi connectivity index (χ1n) is 21.0. The van der Waals surface area contributed by atoms with Crippen LogP contribution in [0.2, 0.25) is 0 Å². The summed E-state index contributed by atoms with van der Waals surface area (Å²) in [6.07, 6.45) is 40.3. The second kappa shape index (κ2) is 39.2. The molecular formula is C44H75O11P. The molecule has 0 spiro atoms. The first kappa shape index (κ1) is 53.4. The average molecular weight is 811 g/mol. The van der Waals surface area contributed by atoms with Crippen molar-refractivity contribution in [2.24, 2.45) is 0 Å². The third kappa shape index (κ3) is 38.3. The molecule has 0 rings (SSSR count). The molecule has 0 aromatic rings. The summed E-state index contributed by atoms with van der Waals surface area (Å²) in [5.41, 5.74) is 0. The van der Waals surface area contributed by atoms with Gasteiger partial charge in [-0.1, -0.05) is 138 Å². The summed E-state index contributed by atoms with van der Waals surface area (Å²) in [4.78, 5) is 35.0. The van der Waals surface area contributed by atoms with Gasteiger partial charge in [0.05, 0.1) is 25.9 Å². The van der Waals surface area contributed by atoms with Crippen molar-refractivity contribution >= 4 is 19.8 Å². The highest BCUT2D eigenvalue weighted by Crippen LogP contribution is 2.43. The van der Waals surface area contributed by atoms with Crippen molar-refractivity contribution in [3.63, 3.8) is 0 Å². The van der Waals surface area contributed by atoms with Crippen molar-refractivity contribution in [3.05, 3.63) is 72.9 Å². The monoisotopic (exact) mass is 811 g/mol. The second-order valence-corrected chi connectivity index (χ2v) is 15.3. The van der Waals surface area contributed by atoms with Gasteiger partial charge in [0.2, 0.25) is 0 Å². The average Bonchev–Trinajstić information content (AvgIpc) is 3.18. The summed E-state index contributed by atoms with van der Waals surface area (Å²) in [6.45, 7) is 2.06. The molecular weight excluding hydrogens is 735 g/mol. The molecule has 0 fully saturated rings. The molecule has 4 atom stereocenters. The molecule has 0 aliphatic rings. The van der Waals surface area contributed by atoms with Crippen LogP contribution in [0.15, 0.2) is 72.9 Å². The van der Waals surface area contributed by atoms with E-state index >= 15 is 0 Å². The van der Waals surface area contributed by atoms with Crippen molar-refractivity contribution in [1.29, 1.82) is 0 Å². The van der Waals surface area contributed by atoms with Gasteiger partial charge in [-0.05, 0) is 70.6 Å². The normalized spacial score (nSPS) is 15.2. The number of aliphatic hydroxyl groups excluding tert-OH is 3. The van der Waals surface area contributed by atoms with Crippen molar-refractivity contribution in [3.8, 4) is 0 Å². The molecule has 4 N–H and O–H groups in total. The van der Waals surface area contributed by atoms with Crippen molar-refractivity contribution in [2.75, 3.05) is 26.4 Å². The molecule has 0 aromatic heterocycles. The van der Waals surface area contributed by atoms with Gasteiger partial charge >= 0.3 is 19.8 Å². The minimum Gasteiger partial charge on any atom is -0.462 e. The Hall–Kier alpha value is -2.63. The number of hydrogen-bond donors (Lipinski definition) is 4. The van der Waals surface area contributed by atoms with Crippen LogP contribution in [0.5, 0.6) is 0 Å². The Labute approximate surface area is 338 Å². The Morgan fingerprint density at radius 1 is 0.625 bits per heavy atom. The van der Waals surface area contributed by atoms with Crippen LogP contribution in [0, 0.1) is 0 Å². The maximum Gasteiger partial charge on any atom is 0.472 e. The zero-order valence-corrected chi connectivity index (χ0v) is 35.3. The minimum absolute atomic E-state index is 0.105. The highest BCUT2D eigenvalue weighted by Gasteiger charge is 2.27. The standard InChI is InChI=1S/C44H75O11P/c1-3-5-7-9-11-12-13-14-15-16-17-18-19-20-22-26-30-34-43(48)52-38-42(39-54-56(50,51)53-37-41(47)36-45)55-44(49)35-31-27-23-25-29-33-40(46)32-28-24-21-10-8-6-4-2/h6,8,11-12,14-15,17-18,21,24,28,32,40-42,45-47H,3-5,7,9-10,13,16,19-20,22-23,25-27,29-31,33-39H2,1-2H3,(H,50,51)/b8-6+,12-11-,15-14-,18-17-,24-21+,32-28+/t40?,41-,42+/m0/s1. The van der Waals surface area contributed by atoms with Crippen LogP contribution in [-0.4, -0.2) is 76.9 Å². The molecule has 0 bridgehead atoms. The van der Waals surface area contributed by atoms with Crippen LogP contribution in [0.3, 0.4) is 0 Å². The minimum atomic E-state index is -4.65. The maximum atomic E-state index is 12.6. The molecule has 12 heteroatoms. The lowest BCUT2D eigenvalue weighted by atomic mass is 10.1. The van der Waals surface area contributed by atoms with Gasteiger partial charge in [-0.25, -0.2) is 4.57 Å².